The average Bonchev–Trinajstić information content (AvgIpc) is 2.89. The number of nitrogens with one attached hydrogen (secondary N) is 1. The number of ether oxygens (including phenoxy) is 2. The highest BCUT2D eigenvalue weighted by molar-refractivity contribution is 5.77. The van der Waals surface area contributed by atoms with E-state index in [1.165, 1.54) is 0 Å². The zero-order valence-corrected chi connectivity index (χ0v) is 15.5. The number of hydrogen-bond acceptors (Lipinski definition) is 5. The third-order valence-corrected chi connectivity index (χ3v) is 6.14. The smallest absolute Gasteiger partial charge is 0.314 e. The molecule has 3 atom stereocenters. The molecule has 1 unspecified atom stereocenters. The minimum Gasteiger partial charge on any atom is -0.485 e. The Balaban J connectivity index is 1.73. The lowest BCUT2D eigenvalue weighted by molar-refractivity contribution is -0.141. The maximum Gasteiger partial charge on any atom is 0.314 e. The summed E-state index contributed by atoms with van der Waals surface area (Å²) in [6.07, 6.45) is 7.66. The van der Waals surface area contributed by atoms with Crippen molar-refractivity contribution in [2.75, 3.05) is 13.6 Å². The number of benzene rings is 1. The number of fused-ring (bicyclic) bond motifs is 3. The summed E-state index contributed by atoms with van der Waals surface area (Å²) >= 11 is 0. The van der Waals surface area contributed by atoms with Crippen molar-refractivity contribution in [3.8, 4) is 11.5 Å². The lowest BCUT2D eigenvalue weighted by Crippen LogP contribution is -2.43. The predicted molar refractivity (Wildman–Crippen MR) is 98.6 cm³/mol. The quantitative estimate of drug-likeness (QED) is 0.482. The van der Waals surface area contributed by atoms with Crippen LogP contribution in [0.1, 0.15) is 43.2 Å². The van der Waals surface area contributed by atoms with Crippen LogP contribution in [0.5, 0.6) is 11.5 Å². The number of esters is 1. The van der Waals surface area contributed by atoms with Crippen LogP contribution in [0.2, 0.25) is 0 Å². The maximum atomic E-state index is 12.4. The van der Waals surface area contributed by atoms with Gasteiger partial charge >= 0.3 is 5.97 Å². The van der Waals surface area contributed by atoms with Gasteiger partial charge in [0.2, 0.25) is 0 Å². The third-order valence-electron chi connectivity index (χ3n) is 6.14. The van der Waals surface area contributed by atoms with Gasteiger partial charge in [-0.15, -0.1) is 0 Å². The number of aliphatic hydroxyl groups excluding tert-OH is 1. The van der Waals surface area contributed by atoms with E-state index in [1.54, 1.807) is 0 Å². The highest BCUT2D eigenvalue weighted by Gasteiger charge is 2.51. The van der Waals surface area contributed by atoms with Crippen LogP contribution < -0.4 is 14.8 Å². The van der Waals surface area contributed by atoms with Crippen LogP contribution in [0.25, 0.3) is 0 Å². The molecular formula is C21H27NO4. The molecule has 4 rings (SSSR count). The molecule has 140 valence electrons. The van der Waals surface area contributed by atoms with E-state index in [2.05, 4.69) is 18.3 Å². The molecule has 2 aliphatic carbocycles. The maximum absolute atomic E-state index is 12.4. The van der Waals surface area contributed by atoms with Gasteiger partial charge in [-0.05, 0) is 51.4 Å². The number of carbonyl (C=O) groups excluding carboxylic acids is 1. The molecule has 1 saturated carbocycles. The molecule has 5 nitrogen and oxygen atoms in total. The van der Waals surface area contributed by atoms with Gasteiger partial charge in [0.1, 0.15) is 6.10 Å². The molecule has 0 spiro atoms. The normalized spacial score (nSPS) is 29.5. The van der Waals surface area contributed by atoms with Gasteiger partial charge in [0, 0.05) is 12.0 Å². The molecule has 1 aromatic carbocycles. The lowest BCUT2D eigenvalue weighted by atomic mass is 9.68. The Morgan fingerprint density at radius 1 is 1.42 bits per heavy atom. The van der Waals surface area contributed by atoms with Gasteiger partial charge in [-0.25, -0.2) is 0 Å². The first-order valence-corrected chi connectivity index (χ1v) is 9.59. The minimum absolute atomic E-state index is 0.0237. The second-order valence-corrected chi connectivity index (χ2v) is 7.80. The van der Waals surface area contributed by atoms with Crippen molar-refractivity contribution in [3.05, 3.63) is 35.4 Å². The van der Waals surface area contributed by atoms with Crippen LogP contribution in [0.4, 0.5) is 0 Å². The molecule has 0 radical (unpaired) electrons. The van der Waals surface area contributed by atoms with Gasteiger partial charge in [-0.3, -0.25) is 4.79 Å². The standard InChI is InChI=1S/C21H27NO4/c1-13-6-7-16(25-20(24)14-4-3-5-14)19-18(13)21(10-11-22-2)9-8-15(23)12-17(21)26-19/h6-9,14-15,17,22-23H,3-5,10-12H2,1-2H3/t15-,17?,21-/m0/s1. The summed E-state index contributed by atoms with van der Waals surface area (Å²) in [5.41, 5.74) is 1.93. The van der Waals surface area contributed by atoms with Crippen LogP contribution in [0.3, 0.4) is 0 Å². The summed E-state index contributed by atoms with van der Waals surface area (Å²) in [6.45, 7) is 2.91. The second kappa shape index (κ2) is 6.71. The first-order chi connectivity index (χ1) is 12.5. The third kappa shape index (κ3) is 2.74. The summed E-state index contributed by atoms with van der Waals surface area (Å²) < 4.78 is 12.0. The van der Waals surface area contributed by atoms with Crippen molar-refractivity contribution in [3.63, 3.8) is 0 Å². The molecule has 2 N–H and O–H groups in total. The molecule has 0 bridgehead atoms. The summed E-state index contributed by atoms with van der Waals surface area (Å²) in [5.74, 6) is 1.07. The molecule has 1 aromatic rings. The first kappa shape index (κ1) is 17.6. The van der Waals surface area contributed by atoms with Gasteiger partial charge in [0.25, 0.3) is 0 Å². The Labute approximate surface area is 154 Å². The van der Waals surface area contributed by atoms with Gasteiger partial charge in [0.15, 0.2) is 11.5 Å². The Morgan fingerprint density at radius 2 is 2.23 bits per heavy atom. The molecule has 0 amide bonds. The van der Waals surface area contributed by atoms with Crippen LogP contribution in [-0.2, 0) is 10.2 Å². The molecule has 5 heteroatoms. The van der Waals surface area contributed by atoms with E-state index in [-0.39, 0.29) is 23.4 Å². The van der Waals surface area contributed by atoms with Crippen molar-refractivity contribution in [2.45, 2.75) is 56.7 Å². The Morgan fingerprint density at radius 3 is 2.92 bits per heavy atom. The van der Waals surface area contributed by atoms with Crippen LogP contribution in [0, 0.1) is 12.8 Å². The van der Waals surface area contributed by atoms with E-state index in [0.717, 1.165) is 43.4 Å². The van der Waals surface area contributed by atoms with E-state index < -0.39 is 6.10 Å². The average molecular weight is 357 g/mol. The number of aryl methyl sites for hydroxylation is 1. The topological polar surface area (TPSA) is 67.8 Å². The van der Waals surface area contributed by atoms with Crippen molar-refractivity contribution in [2.24, 2.45) is 5.92 Å². The van der Waals surface area contributed by atoms with Crippen LogP contribution in [0.15, 0.2) is 24.3 Å². The highest BCUT2D eigenvalue weighted by Crippen LogP contribution is 2.54. The minimum atomic E-state index is -0.502. The van der Waals surface area contributed by atoms with Crippen molar-refractivity contribution in [1.82, 2.24) is 5.32 Å². The molecule has 26 heavy (non-hydrogen) atoms. The molecule has 1 aliphatic heterocycles. The number of aliphatic hydroxyl groups is 1. The summed E-state index contributed by atoms with van der Waals surface area (Å²) in [6, 6.07) is 3.85. The van der Waals surface area contributed by atoms with Crippen molar-refractivity contribution >= 4 is 5.97 Å². The van der Waals surface area contributed by atoms with Crippen LogP contribution in [-0.4, -0.2) is 36.9 Å². The molecule has 3 aliphatic rings. The summed E-state index contributed by atoms with van der Waals surface area (Å²) in [4.78, 5) is 12.4. The van der Waals surface area contributed by atoms with Gasteiger partial charge < -0.3 is 19.9 Å². The second-order valence-electron chi connectivity index (χ2n) is 7.80. The monoisotopic (exact) mass is 357 g/mol. The van der Waals surface area contributed by atoms with Gasteiger partial charge in [-0.2, -0.15) is 0 Å². The van der Waals surface area contributed by atoms with E-state index in [4.69, 9.17) is 9.47 Å². The van der Waals surface area contributed by atoms with Gasteiger partial charge in [0.05, 0.1) is 17.4 Å². The summed E-state index contributed by atoms with van der Waals surface area (Å²) in [5, 5.41) is 13.3. The van der Waals surface area contributed by atoms with E-state index in [9.17, 15) is 9.90 Å². The van der Waals surface area contributed by atoms with Crippen molar-refractivity contribution < 1.29 is 19.4 Å². The van der Waals surface area contributed by atoms with Gasteiger partial charge in [-0.1, -0.05) is 24.6 Å². The SMILES string of the molecule is CNCC[C@@]12C=C[C@H](O)CC1Oc1c(OC(=O)C3CCC3)ccc(C)c12. The van der Waals surface area contributed by atoms with E-state index in [1.807, 2.05) is 25.3 Å². The fraction of sp³-hybridized carbons (Fsp3) is 0.571. The lowest BCUT2D eigenvalue weighted by Gasteiger charge is -2.36. The molecule has 1 heterocycles. The van der Waals surface area contributed by atoms with E-state index in [0.29, 0.717) is 17.9 Å². The number of rotatable bonds is 5. The molecule has 0 aromatic heterocycles. The molecule has 0 saturated heterocycles. The first-order valence-electron chi connectivity index (χ1n) is 9.59. The predicted octanol–water partition coefficient (Wildman–Crippen LogP) is 2.63. The van der Waals surface area contributed by atoms with Crippen LogP contribution >= 0.6 is 0 Å². The zero-order chi connectivity index (χ0) is 18.3. The highest BCUT2D eigenvalue weighted by atomic mass is 16.6. The largest absolute Gasteiger partial charge is 0.485 e. The molecule has 1 fully saturated rings. The fourth-order valence-corrected chi connectivity index (χ4v) is 4.41. The van der Waals surface area contributed by atoms with Crippen molar-refractivity contribution in [1.29, 1.82) is 0 Å². The zero-order valence-electron chi connectivity index (χ0n) is 15.5. The summed E-state index contributed by atoms with van der Waals surface area (Å²) in [7, 11) is 1.94. The Hall–Kier alpha value is -1.85. The number of carbonyl (C=O) groups is 1. The van der Waals surface area contributed by atoms with E-state index >= 15 is 0 Å². The fourth-order valence-electron chi connectivity index (χ4n) is 4.41. The Kier molecular flexibility index (Phi) is 4.53. The number of hydrogen-bond donors (Lipinski definition) is 2. The Bertz CT molecular complexity index is 740. The molecular weight excluding hydrogens is 330 g/mol.